The number of carboxylic acids is 1. The van der Waals surface area contributed by atoms with Crippen molar-refractivity contribution in [1.82, 2.24) is 4.90 Å². The molecule has 0 saturated carbocycles. The second kappa shape index (κ2) is 6.06. The predicted octanol–water partition coefficient (Wildman–Crippen LogP) is 2.24. The molecular weight excluding hydrogens is 269 g/mol. The topological polar surface area (TPSA) is 57.6 Å². The summed E-state index contributed by atoms with van der Waals surface area (Å²) in [6, 6.07) is 3.90. The number of halogens is 1. The lowest BCUT2D eigenvalue weighted by Gasteiger charge is -2.15. The number of benzene rings is 1. The Bertz CT molecular complexity index is 501. The van der Waals surface area contributed by atoms with E-state index < -0.39 is 11.8 Å². The summed E-state index contributed by atoms with van der Waals surface area (Å²) in [5, 5.41) is 8.99. The van der Waals surface area contributed by atoms with Crippen molar-refractivity contribution in [2.24, 2.45) is 0 Å². The highest BCUT2D eigenvalue weighted by atomic mass is 32.2. The molecule has 0 aromatic heterocycles. The van der Waals surface area contributed by atoms with Crippen LogP contribution in [-0.2, 0) is 4.79 Å². The Morgan fingerprint density at radius 3 is 2.63 bits per heavy atom. The Labute approximate surface area is 114 Å². The number of carbonyl (C=O) groups excluding carboxylic acids is 1. The van der Waals surface area contributed by atoms with Crippen LogP contribution >= 0.6 is 11.8 Å². The van der Waals surface area contributed by atoms with E-state index in [2.05, 4.69) is 0 Å². The minimum Gasteiger partial charge on any atom is -0.478 e. The molecule has 1 aromatic carbocycles. The Balaban J connectivity index is 2.06. The summed E-state index contributed by atoms with van der Waals surface area (Å²) < 4.78 is 13.6. The zero-order valence-corrected chi connectivity index (χ0v) is 11.1. The maximum atomic E-state index is 13.6. The Morgan fingerprint density at radius 2 is 2.00 bits per heavy atom. The van der Waals surface area contributed by atoms with Crippen molar-refractivity contribution in [1.29, 1.82) is 0 Å². The van der Waals surface area contributed by atoms with Crippen molar-refractivity contribution in [2.75, 3.05) is 18.8 Å². The molecule has 0 spiro atoms. The summed E-state index contributed by atoms with van der Waals surface area (Å²) in [6.45, 7) is 1.48. The van der Waals surface area contributed by atoms with E-state index in [1.54, 1.807) is 4.90 Å². The third-order valence-electron chi connectivity index (χ3n) is 3.00. The van der Waals surface area contributed by atoms with Crippen LogP contribution in [0.2, 0.25) is 0 Å². The lowest BCUT2D eigenvalue weighted by molar-refractivity contribution is -0.127. The second-order valence-corrected chi connectivity index (χ2v) is 5.28. The fraction of sp³-hybridized carbons (Fsp3) is 0.385. The molecule has 0 bridgehead atoms. The Hall–Kier alpha value is -1.56. The number of rotatable bonds is 4. The highest BCUT2D eigenvalue weighted by Crippen LogP contribution is 2.26. The van der Waals surface area contributed by atoms with Crippen molar-refractivity contribution in [3.05, 3.63) is 29.6 Å². The van der Waals surface area contributed by atoms with Crippen molar-refractivity contribution < 1.29 is 19.1 Å². The number of hydrogen-bond acceptors (Lipinski definition) is 3. The zero-order valence-electron chi connectivity index (χ0n) is 10.3. The molecule has 1 amide bonds. The number of nitrogens with zero attached hydrogens (tertiary/aromatic N) is 1. The van der Waals surface area contributed by atoms with E-state index in [-0.39, 0.29) is 22.1 Å². The fourth-order valence-corrected chi connectivity index (χ4v) is 2.98. The van der Waals surface area contributed by atoms with E-state index in [1.807, 2.05) is 0 Å². The van der Waals surface area contributed by atoms with Gasteiger partial charge >= 0.3 is 5.97 Å². The van der Waals surface area contributed by atoms with Gasteiger partial charge in [-0.2, -0.15) is 0 Å². The highest BCUT2D eigenvalue weighted by molar-refractivity contribution is 8.00. The number of carbonyl (C=O) groups is 2. The molecule has 19 heavy (non-hydrogen) atoms. The van der Waals surface area contributed by atoms with Crippen LogP contribution in [0.5, 0.6) is 0 Å². The fourth-order valence-electron chi connectivity index (χ4n) is 2.02. The van der Waals surface area contributed by atoms with Crippen molar-refractivity contribution in [2.45, 2.75) is 17.7 Å². The third-order valence-corrected chi connectivity index (χ3v) is 4.09. The molecule has 1 heterocycles. The summed E-state index contributed by atoms with van der Waals surface area (Å²) >= 11 is 0.950. The van der Waals surface area contributed by atoms with Gasteiger partial charge in [-0.3, -0.25) is 4.79 Å². The van der Waals surface area contributed by atoms with E-state index >= 15 is 0 Å². The first-order valence-corrected chi connectivity index (χ1v) is 7.00. The van der Waals surface area contributed by atoms with Gasteiger partial charge in [-0.1, -0.05) is 6.07 Å². The normalized spacial score (nSPS) is 14.7. The van der Waals surface area contributed by atoms with Crippen LogP contribution in [0.3, 0.4) is 0 Å². The number of likely N-dealkylation sites (tertiary alicyclic amines) is 1. The summed E-state index contributed by atoms with van der Waals surface area (Å²) in [5.74, 6) is -1.78. The van der Waals surface area contributed by atoms with Gasteiger partial charge < -0.3 is 10.0 Å². The van der Waals surface area contributed by atoms with E-state index in [0.717, 1.165) is 37.7 Å². The predicted molar refractivity (Wildman–Crippen MR) is 69.9 cm³/mol. The van der Waals surface area contributed by atoms with Gasteiger partial charge in [0.2, 0.25) is 5.91 Å². The largest absolute Gasteiger partial charge is 0.478 e. The van der Waals surface area contributed by atoms with Crippen molar-refractivity contribution in [3.8, 4) is 0 Å². The van der Waals surface area contributed by atoms with Crippen LogP contribution in [0.15, 0.2) is 23.1 Å². The Kier molecular flexibility index (Phi) is 4.42. The zero-order chi connectivity index (χ0) is 13.8. The average Bonchev–Trinajstić information content (AvgIpc) is 2.90. The lowest BCUT2D eigenvalue weighted by Crippen LogP contribution is -2.29. The summed E-state index contributed by atoms with van der Waals surface area (Å²) in [7, 11) is 0. The molecule has 2 rings (SSSR count). The van der Waals surface area contributed by atoms with Crippen LogP contribution in [0.4, 0.5) is 4.39 Å². The van der Waals surface area contributed by atoms with Gasteiger partial charge in [0.05, 0.1) is 16.2 Å². The van der Waals surface area contributed by atoms with Crippen LogP contribution in [0.25, 0.3) is 0 Å². The molecule has 0 atom stereocenters. The lowest BCUT2D eigenvalue weighted by atomic mass is 10.2. The maximum absolute atomic E-state index is 13.6. The van der Waals surface area contributed by atoms with Crippen LogP contribution in [-0.4, -0.2) is 40.7 Å². The van der Waals surface area contributed by atoms with Gasteiger partial charge in [-0.15, -0.1) is 11.8 Å². The molecule has 1 fully saturated rings. The molecule has 0 radical (unpaired) electrons. The van der Waals surface area contributed by atoms with Crippen molar-refractivity contribution in [3.63, 3.8) is 0 Å². The van der Waals surface area contributed by atoms with E-state index in [9.17, 15) is 14.0 Å². The first kappa shape index (κ1) is 13.9. The molecule has 6 heteroatoms. The van der Waals surface area contributed by atoms with E-state index in [4.69, 9.17) is 5.11 Å². The smallest absolute Gasteiger partial charge is 0.336 e. The molecule has 4 nitrogen and oxygen atoms in total. The third kappa shape index (κ3) is 3.26. The number of carboxylic acid groups (broad SMARTS) is 1. The molecule has 1 saturated heterocycles. The number of amides is 1. The SMILES string of the molecule is O=C(O)c1cccc(F)c1SCC(=O)N1CCCC1. The first-order valence-electron chi connectivity index (χ1n) is 6.02. The molecule has 1 aliphatic rings. The average molecular weight is 283 g/mol. The molecule has 0 unspecified atom stereocenters. The van der Waals surface area contributed by atoms with Crippen LogP contribution in [0, 0.1) is 5.82 Å². The van der Waals surface area contributed by atoms with Gasteiger partial charge in [-0.25, -0.2) is 9.18 Å². The number of thioether (sulfide) groups is 1. The summed E-state index contributed by atoms with van der Waals surface area (Å²) in [6.07, 6.45) is 1.99. The minimum atomic E-state index is -1.18. The molecule has 1 aromatic rings. The first-order chi connectivity index (χ1) is 9.09. The van der Waals surface area contributed by atoms with Crippen LogP contribution in [0.1, 0.15) is 23.2 Å². The summed E-state index contributed by atoms with van der Waals surface area (Å²) in [5.41, 5.74) is -0.0979. The van der Waals surface area contributed by atoms with E-state index in [1.165, 1.54) is 18.2 Å². The molecule has 1 aliphatic heterocycles. The monoisotopic (exact) mass is 283 g/mol. The summed E-state index contributed by atoms with van der Waals surface area (Å²) in [4.78, 5) is 24.6. The molecular formula is C13H14FNO3S. The van der Waals surface area contributed by atoms with Crippen molar-refractivity contribution >= 4 is 23.6 Å². The maximum Gasteiger partial charge on any atom is 0.336 e. The van der Waals surface area contributed by atoms with E-state index in [0.29, 0.717) is 0 Å². The van der Waals surface area contributed by atoms with Gasteiger partial charge in [0.1, 0.15) is 5.82 Å². The molecule has 1 N–H and O–H groups in total. The molecule has 102 valence electrons. The number of hydrogen-bond donors (Lipinski definition) is 1. The highest BCUT2D eigenvalue weighted by Gasteiger charge is 2.20. The number of aromatic carboxylic acids is 1. The quantitative estimate of drug-likeness (QED) is 0.861. The van der Waals surface area contributed by atoms with Gasteiger partial charge in [0.15, 0.2) is 0 Å². The van der Waals surface area contributed by atoms with Gasteiger partial charge in [-0.05, 0) is 25.0 Å². The van der Waals surface area contributed by atoms with Crippen LogP contribution < -0.4 is 0 Å². The second-order valence-electron chi connectivity index (χ2n) is 4.30. The van der Waals surface area contributed by atoms with Gasteiger partial charge in [0, 0.05) is 13.1 Å². The Morgan fingerprint density at radius 1 is 1.32 bits per heavy atom. The minimum absolute atomic E-state index is 0.0301. The van der Waals surface area contributed by atoms with Gasteiger partial charge in [0.25, 0.3) is 0 Å². The standard InChI is InChI=1S/C13H14FNO3S/c14-10-5-3-4-9(13(17)18)12(10)19-8-11(16)15-6-1-2-7-15/h3-5H,1-2,6-8H2,(H,17,18). The molecule has 0 aliphatic carbocycles.